The number of para-hydroxylation sites is 1. The second kappa shape index (κ2) is 17.5. The highest BCUT2D eigenvalue weighted by molar-refractivity contribution is 7.54. The number of benzene rings is 5. The molecule has 0 saturated carbocycles. The zero-order valence-electron chi connectivity index (χ0n) is 33.1. The average Bonchev–Trinajstić information content (AvgIpc) is 3.57. The number of carbonyl (C=O) groups is 2. The topological polar surface area (TPSA) is 102 Å². The highest BCUT2D eigenvalue weighted by Gasteiger charge is 2.40. The summed E-state index contributed by atoms with van der Waals surface area (Å²) in [6, 6.07) is 38.4. The van der Waals surface area contributed by atoms with Crippen LogP contribution in [0.25, 0.3) is 10.9 Å². The van der Waals surface area contributed by atoms with E-state index in [0.717, 1.165) is 16.7 Å². The van der Waals surface area contributed by atoms with E-state index in [4.69, 9.17) is 18.8 Å². The Hall–Kier alpha value is -5.87. The number of rotatable bonds is 14. The smallest absolute Gasteiger partial charge is 0.380 e. The molecule has 0 N–H and O–H groups in total. The molecular weight excluding hydrogens is 767 g/mol. The van der Waals surface area contributed by atoms with Crippen molar-refractivity contribution in [2.75, 3.05) is 38.9 Å². The quantitative estimate of drug-likeness (QED) is 0.100. The molecule has 2 aliphatic heterocycles. The van der Waals surface area contributed by atoms with Gasteiger partial charge in [-0.1, -0.05) is 97.1 Å². The summed E-state index contributed by atoms with van der Waals surface area (Å²) in [6.45, 7) is 6.42. The molecule has 0 spiro atoms. The minimum atomic E-state index is -3.47. The van der Waals surface area contributed by atoms with Crippen molar-refractivity contribution >= 4 is 30.3 Å². The molecule has 0 bridgehead atoms. The first-order valence-electron chi connectivity index (χ1n) is 19.9. The van der Waals surface area contributed by atoms with Gasteiger partial charge in [0.1, 0.15) is 23.2 Å². The van der Waals surface area contributed by atoms with Crippen molar-refractivity contribution in [1.29, 1.82) is 0 Å². The Morgan fingerprint density at radius 1 is 0.814 bits per heavy atom. The van der Waals surface area contributed by atoms with E-state index < -0.39 is 13.7 Å². The fourth-order valence-corrected chi connectivity index (χ4v) is 9.67. The Morgan fingerprint density at radius 3 is 2.07 bits per heavy atom. The molecule has 6 aromatic rings. The molecule has 12 heteroatoms. The molecule has 8 rings (SSSR count). The van der Waals surface area contributed by atoms with Gasteiger partial charge in [-0.05, 0) is 60.9 Å². The van der Waals surface area contributed by atoms with Gasteiger partial charge in [-0.3, -0.25) is 24.0 Å². The SMILES string of the molecule is CC(C)OP(=O)(CCN1CCN(C(=O)c2c3c(c(OC(c4ccccc4)c4ccccc4)c4ncccc24)C(=O)N(Cc2ccc(F)cc2)C3)CC1)Oc1ccccc1. The van der Waals surface area contributed by atoms with Crippen molar-refractivity contribution in [3.05, 3.63) is 173 Å². The van der Waals surface area contributed by atoms with Crippen LogP contribution in [0.5, 0.6) is 11.5 Å². The molecular formula is C47H46FN4O6P. The van der Waals surface area contributed by atoms with E-state index in [1.165, 1.54) is 12.1 Å². The Morgan fingerprint density at radius 2 is 1.44 bits per heavy atom. The molecule has 1 aromatic heterocycles. The first-order valence-corrected chi connectivity index (χ1v) is 21.7. The molecule has 1 fully saturated rings. The second-order valence-corrected chi connectivity index (χ2v) is 17.2. The average molecular weight is 813 g/mol. The number of halogens is 1. The molecule has 1 unspecified atom stereocenters. The number of fused-ring (bicyclic) bond motifs is 2. The number of carbonyl (C=O) groups excluding carboxylic acids is 2. The van der Waals surface area contributed by atoms with Crippen molar-refractivity contribution in [1.82, 2.24) is 19.7 Å². The number of aromatic nitrogens is 1. The first-order chi connectivity index (χ1) is 28.7. The normalized spacial score (nSPS) is 15.4. The standard InChI is InChI=1S/C47H46FN4O6P/c1-33(2)57-59(55,58-38-17-10-5-11-18-38)30-29-50-25-27-51(28-26-50)46(53)41-39-19-12-24-49-43(39)45(56-44(35-13-6-3-7-14-35)36-15-8-4-9-16-36)42-40(41)32-52(47(42)54)31-34-20-22-37(48)23-21-34/h3-24,33,44H,25-32H2,1-2H3. The first kappa shape index (κ1) is 39.9. The number of hydrogen-bond donors (Lipinski definition) is 0. The van der Waals surface area contributed by atoms with E-state index >= 15 is 0 Å². The number of amides is 2. The van der Waals surface area contributed by atoms with Gasteiger partial charge in [0.2, 0.25) is 0 Å². The van der Waals surface area contributed by atoms with Gasteiger partial charge in [-0.25, -0.2) is 8.96 Å². The molecule has 1 atom stereocenters. The van der Waals surface area contributed by atoms with Crippen LogP contribution in [0.2, 0.25) is 0 Å². The van der Waals surface area contributed by atoms with Gasteiger partial charge in [-0.2, -0.15) is 0 Å². The van der Waals surface area contributed by atoms with Crippen molar-refractivity contribution in [2.24, 2.45) is 0 Å². The Bertz CT molecular complexity index is 2430. The van der Waals surface area contributed by atoms with Crippen LogP contribution >= 0.6 is 7.60 Å². The predicted octanol–water partition coefficient (Wildman–Crippen LogP) is 9.15. The summed E-state index contributed by atoms with van der Waals surface area (Å²) in [4.78, 5) is 40.0. The maximum Gasteiger partial charge on any atom is 0.380 e. The van der Waals surface area contributed by atoms with Crippen LogP contribution in [0, 0.1) is 5.82 Å². The van der Waals surface area contributed by atoms with E-state index in [1.807, 2.05) is 104 Å². The van der Waals surface area contributed by atoms with E-state index in [-0.39, 0.29) is 43.0 Å². The third-order valence-electron chi connectivity index (χ3n) is 10.6. The summed E-state index contributed by atoms with van der Waals surface area (Å²) < 4.78 is 46.5. The Balaban J connectivity index is 1.11. The predicted molar refractivity (Wildman–Crippen MR) is 225 cm³/mol. The van der Waals surface area contributed by atoms with Crippen LogP contribution in [-0.2, 0) is 22.2 Å². The fraction of sp³-hybridized carbons (Fsp3) is 0.255. The summed E-state index contributed by atoms with van der Waals surface area (Å²) in [5.74, 6) is -0.0609. The van der Waals surface area contributed by atoms with Crippen LogP contribution in [0.15, 0.2) is 134 Å². The number of ether oxygens (including phenoxy) is 1. The van der Waals surface area contributed by atoms with Crippen LogP contribution in [0.1, 0.15) is 62.9 Å². The minimum absolute atomic E-state index is 0.154. The Labute approximate surface area is 343 Å². The Kier molecular flexibility index (Phi) is 11.9. The molecule has 3 heterocycles. The third-order valence-corrected chi connectivity index (χ3v) is 12.6. The highest BCUT2D eigenvalue weighted by atomic mass is 31.2. The minimum Gasteiger partial charge on any atom is -0.478 e. The molecule has 59 heavy (non-hydrogen) atoms. The van der Waals surface area contributed by atoms with Gasteiger partial charge in [0.05, 0.1) is 23.4 Å². The molecule has 0 radical (unpaired) electrons. The fourth-order valence-electron chi connectivity index (χ4n) is 7.81. The van der Waals surface area contributed by atoms with Gasteiger partial charge in [0.25, 0.3) is 11.8 Å². The van der Waals surface area contributed by atoms with Crippen molar-refractivity contribution in [3.8, 4) is 11.5 Å². The van der Waals surface area contributed by atoms with E-state index in [2.05, 4.69) is 4.90 Å². The molecule has 0 aliphatic carbocycles. The summed E-state index contributed by atoms with van der Waals surface area (Å²) >= 11 is 0. The molecule has 5 aromatic carbocycles. The maximum absolute atomic E-state index is 14.9. The van der Waals surface area contributed by atoms with Gasteiger partial charge in [-0.15, -0.1) is 0 Å². The molecule has 10 nitrogen and oxygen atoms in total. The lowest BCUT2D eigenvalue weighted by atomic mass is 9.94. The van der Waals surface area contributed by atoms with Crippen LogP contribution in [-0.4, -0.2) is 76.5 Å². The monoisotopic (exact) mass is 812 g/mol. The van der Waals surface area contributed by atoms with E-state index in [0.29, 0.717) is 71.8 Å². The number of hydrogen-bond acceptors (Lipinski definition) is 8. The highest BCUT2D eigenvalue weighted by Crippen LogP contribution is 2.49. The molecule has 2 amide bonds. The van der Waals surface area contributed by atoms with Crippen LogP contribution in [0.4, 0.5) is 4.39 Å². The zero-order chi connectivity index (χ0) is 40.9. The molecule has 302 valence electrons. The second-order valence-electron chi connectivity index (χ2n) is 15.1. The number of piperazine rings is 1. The lowest BCUT2D eigenvalue weighted by Crippen LogP contribution is -2.49. The van der Waals surface area contributed by atoms with Crippen molar-refractivity contribution in [2.45, 2.75) is 39.1 Å². The van der Waals surface area contributed by atoms with E-state index in [9.17, 15) is 18.5 Å². The lowest BCUT2D eigenvalue weighted by molar-refractivity contribution is 0.0640. The number of nitrogens with zero attached hydrogens (tertiary/aromatic N) is 4. The van der Waals surface area contributed by atoms with Gasteiger partial charge >= 0.3 is 7.60 Å². The molecule has 2 aliphatic rings. The lowest BCUT2D eigenvalue weighted by Gasteiger charge is -2.36. The summed E-state index contributed by atoms with van der Waals surface area (Å²) in [6.07, 6.45) is 0.966. The van der Waals surface area contributed by atoms with Gasteiger partial charge in [0.15, 0.2) is 5.75 Å². The zero-order valence-corrected chi connectivity index (χ0v) is 34.0. The van der Waals surface area contributed by atoms with Crippen LogP contribution < -0.4 is 9.26 Å². The van der Waals surface area contributed by atoms with Gasteiger partial charge < -0.3 is 19.1 Å². The van der Waals surface area contributed by atoms with Crippen molar-refractivity contribution < 1.29 is 32.3 Å². The largest absolute Gasteiger partial charge is 0.478 e. The number of pyridine rings is 1. The van der Waals surface area contributed by atoms with Crippen molar-refractivity contribution in [3.63, 3.8) is 0 Å². The summed E-state index contributed by atoms with van der Waals surface area (Å²) in [5.41, 5.74) is 4.25. The van der Waals surface area contributed by atoms with Crippen LogP contribution in [0.3, 0.4) is 0 Å². The maximum atomic E-state index is 14.9. The third kappa shape index (κ3) is 8.93. The van der Waals surface area contributed by atoms with E-state index in [1.54, 1.807) is 41.4 Å². The summed E-state index contributed by atoms with van der Waals surface area (Å²) in [7, 11) is -3.47. The summed E-state index contributed by atoms with van der Waals surface area (Å²) in [5, 5.41) is 0.592. The molecule has 1 saturated heterocycles. The van der Waals surface area contributed by atoms with Gasteiger partial charge in [0, 0.05) is 63.0 Å².